The third-order valence-corrected chi connectivity index (χ3v) is 2.48. The van der Waals surface area contributed by atoms with Crippen molar-refractivity contribution in [2.24, 2.45) is 0 Å². The highest BCUT2D eigenvalue weighted by Crippen LogP contribution is 2.29. The molecule has 2 rings (SSSR count). The van der Waals surface area contributed by atoms with Crippen LogP contribution in [0.2, 0.25) is 0 Å². The monoisotopic (exact) mass is 209 g/mol. The predicted octanol–water partition coefficient (Wildman–Crippen LogP) is -0.0700. The molecule has 0 radical (unpaired) electrons. The smallest absolute Gasteiger partial charge is 0.147 e. The Kier molecular flexibility index (Phi) is 3.13. The van der Waals surface area contributed by atoms with Gasteiger partial charge in [0.25, 0.3) is 0 Å². The van der Waals surface area contributed by atoms with Crippen molar-refractivity contribution in [1.82, 2.24) is 9.97 Å². The Hall–Kier alpha value is -1.20. The Morgan fingerprint density at radius 1 is 1.27 bits per heavy atom. The fourth-order valence-corrected chi connectivity index (χ4v) is 1.56. The van der Waals surface area contributed by atoms with Crippen LogP contribution < -0.4 is 4.90 Å². The van der Waals surface area contributed by atoms with Gasteiger partial charge in [0, 0.05) is 12.6 Å². The van der Waals surface area contributed by atoms with E-state index in [1.165, 1.54) is 0 Å². The average Bonchev–Trinajstić information content (AvgIpc) is 3.10. The van der Waals surface area contributed by atoms with Gasteiger partial charge in [-0.2, -0.15) is 0 Å². The first kappa shape index (κ1) is 10.3. The first-order chi connectivity index (χ1) is 7.35. The third-order valence-electron chi connectivity index (χ3n) is 2.48. The largest absolute Gasteiger partial charge is 0.395 e. The summed E-state index contributed by atoms with van der Waals surface area (Å²) in [4.78, 5) is 10.4. The minimum absolute atomic E-state index is 0.0866. The molecule has 1 fully saturated rings. The summed E-state index contributed by atoms with van der Waals surface area (Å²) < 4.78 is 0. The number of aromatic nitrogens is 2. The molecule has 5 heteroatoms. The van der Waals surface area contributed by atoms with Gasteiger partial charge in [0.05, 0.1) is 31.3 Å². The van der Waals surface area contributed by atoms with E-state index in [1.54, 1.807) is 12.4 Å². The highest BCUT2D eigenvalue weighted by Gasteiger charge is 2.29. The zero-order chi connectivity index (χ0) is 10.7. The lowest BCUT2D eigenvalue weighted by Gasteiger charge is -2.21. The number of hydrogen-bond acceptors (Lipinski definition) is 5. The normalized spacial score (nSPS) is 15.3. The van der Waals surface area contributed by atoms with Crippen molar-refractivity contribution in [1.29, 1.82) is 0 Å². The van der Waals surface area contributed by atoms with Gasteiger partial charge in [-0.15, -0.1) is 0 Å². The Bertz CT molecular complexity index is 311. The summed E-state index contributed by atoms with van der Waals surface area (Å²) in [6, 6.07) is 0.506. The second kappa shape index (κ2) is 4.55. The minimum atomic E-state index is -0.0866. The molecular formula is C10H15N3O2. The highest BCUT2D eigenvalue weighted by atomic mass is 16.3. The molecular weight excluding hydrogens is 194 g/mol. The number of rotatable bonds is 5. The molecule has 0 atom stereocenters. The maximum Gasteiger partial charge on any atom is 0.147 e. The molecule has 82 valence electrons. The van der Waals surface area contributed by atoms with E-state index in [4.69, 9.17) is 10.2 Å². The van der Waals surface area contributed by atoms with Gasteiger partial charge in [0.2, 0.25) is 0 Å². The lowest BCUT2D eigenvalue weighted by atomic mass is 10.4. The molecule has 0 bridgehead atoms. The van der Waals surface area contributed by atoms with Crippen molar-refractivity contribution in [3.8, 4) is 0 Å². The Labute approximate surface area is 88.4 Å². The SMILES string of the molecule is OCCN(c1cnc(CO)cn1)C1CC1. The topological polar surface area (TPSA) is 69.5 Å². The Morgan fingerprint density at radius 3 is 2.53 bits per heavy atom. The minimum Gasteiger partial charge on any atom is -0.395 e. The van der Waals surface area contributed by atoms with Crippen LogP contribution in [0.25, 0.3) is 0 Å². The maximum absolute atomic E-state index is 8.95. The molecule has 0 aromatic carbocycles. The van der Waals surface area contributed by atoms with Gasteiger partial charge in [0.15, 0.2) is 0 Å². The standard InChI is InChI=1S/C10H15N3O2/c14-4-3-13(9-1-2-9)10-6-11-8(7-15)5-12-10/h5-6,9,14-15H,1-4,7H2. The second-order valence-electron chi connectivity index (χ2n) is 3.67. The van der Waals surface area contributed by atoms with Crippen LogP contribution in [0.5, 0.6) is 0 Å². The molecule has 1 aliphatic carbocycles. The molecule has 0 unspecified atom stereocenters. The summed E-state index contributed by atoms with van der Waals surface area (Å²) >= 11 is 0. The van der Waals surface area contributed by atoms with Gasteiger partial charge in [-0.05, 0) is 12.8 Å². The van der Waals surface area contributed by atoms with Crippen molar-refractivity contribution in [3.63, 3.8) is 0 Å². The van der Waals surface area contributed by atoms with Crippen LogP contribution in [0.3, 0.4) is 0 Å². The summed E-state index contributed by atoms with van der Waals surface area (Å²) in [5.74, 6) is 0.781. The predicted molar refractivity (Wildman–Crippen MR) is 55.4 cm³/mol. The first-order valence-corrected chi connectivity index (χ1v) is 5.14. The molecule has 1 aromatic heterocycles. The number of aliphatic hydroxyl groups is 2. The summed E-state index contributed by atoms with van der Waals surface area (Å²) in [6.45, 7) is 0.633. The molecule has 0 saturated heterocycles. The van der Waals surface area contributed by atoms with E-state index in [0.717, 1.165) is 18.7 Å². The maximum atomic E-state index is 8.95. The van der Waals surface area contributed by atoms with Crippen LogP contribution in [0, 0.1) is 0 Å². The molecule has 2 N–H and O–H groups in total. The first-order valence-electron chi connectivity index (χ1n) is 5.14. The van der Waals surface area contributed by atoms with Gasteiger partial charge in [-0.1, -0.05) is 0 Å². The van der Waals surface area contributed by atoms with E-state index >= 15 is 0 Å². The molecule has 15 heavy (non-hydrogen) atoms. The van der Waals surface area contributed by atoms with E-state index < -0.39 is 0 Å². The quantitative estimate of drug-likeness (QED) is 0.710. The number of nitrogens with zero attached hydrogens (tertiary/aromatic N) is 3. The van der Waals surface area contributed by atoms with E-state index in [9.17, 15) is 0 Å². The zero-order valence-corrected chi connectivity index (χ0v) is 8.50. The van der Waals surface area contributed by atoms with Crippen LogP contribution in [0.1, 0.15) is 18.5 Å². The van der Waals surface area contributed by atoms with Crippen LogP contribution in [0.4, 0.5) is 5.82 Å². The van der Waals surface area contributed by atoms with Crippen LogP contribution in [-0.4, -0.2) is 39.4 Å². The van der Waals surface area contributed by atoms with Crippen LogP contribution in [0.15, 0.2) is 12.4 Å². The fraction of sp³-hybridized carbons (Fsp3) is 0.600. The summed E-state index contributed by atoms with van der Waals surface area (Å²) in [7, 11) is 0. The van der Waals surface area contributed by atoms with Crippen molar-refractivity contribution in [2.75, 3.05) is 18.1 Å². The lowest BCUT2D eigenvalue weighted by molar-refractivity contribution is 0.276. The van der Waals surface area contributed by atoms with Gasteiger partial charge in [-0.25, -0.2) is 4.98 Å². The van der Waals surface area contributed by atoms with Gasteiger partial charge in [-0.3, -0.25) is 4.98 Å². The Morgan fingerprint density at radius 2 is 2.07 bits per heavy atom. The molecule has 5 nitrogen and oxygen atoms in total. The number of hydrogen-bond donors (Lipinski definition) is 2. The van der Waals surface area contributed by atoms with Crippen LogP contribution in [-0.2, 0) is 6.61 Å². The summed E-state index contributed by atoms with van der Waals surface area (Å²) in [6.07, 6.45) is 5.54. The third kappa shape index (κ3) is 2.43. The van der Waals surface area contributed by atoms with E-state index in [1.807, 2.05) is 0 Å². The van der Waals surface area contributed by atoms with Gasteiger partial charge in [0.1, 0.15) is 5.82 Å². The van der Waals surface area contributed by atoms with Crippen molar-refractivity contribution in [3.05, 3.63) is 18.1 Å². The fourth-order valence-electron chi connectivity index (χ4n) is 1.56. The van der Waals surface area contributed by atoms with Crippen molar-refractivity contribution >= 4 is 5.82 Å². The average molecular weight is 209 g/mol. The molecule has 0 aliphatic heterocycles. The van der Waals surface area contributed by atoms with E-state index in [2.05, 4.69) is 14.9 Å². The molecule has 1 aromatic rings. The van der Waals surface area contributed by atoms with Crippen molar-refractivity contribution < 1.29 is 10.2 Å². The molecule has 1 aliphatic rings. The molecule has 0 amide bonds. The molecule has 0 spiro atoms. The summed E-state index contributed by atoms with van der Waals surface area (Å²) in [5.41, 5.74) is 0.568. The summed E-state index contributed by atoms with van der Waals surface area (Å²) in [5, 5.41) is 17.8. The number of aliphatic hydroxyl groups excluding tert-OH is 2. The van der Waals surface area contributed by atoms with E-state index in [-0.39, 0.29) is 13.2 Å². The Balaban J connectivity index is 2.10. The number of anilines is 1. The van der Waals surface area contributed by atoms with E-state index in [0.29, 0.717) is 18.3 Å². The van der Waals surface area contributed by atoms with Crippen LogP contribution >= 0.6 is 0 Å². The molecule has 1 saturated carbocycles. The lowest BCUT2D eigenvalue weighted by Crippen LogP contribution is -2.29. The molecule has 1 heterocycles. The highest BCUT2D eigenvalue weighted by molar-refractivity contribution is 5.39. The van der Waals surface area contributed by atoms with Gasteiger partial charge >= 0.3 is 0 Å². The van der Waals surface area contributed by atoms with Gasteiger partial charge < -0.3 is 15.1 Å². The van der Waals surface area contributed by atoms with Crippen molar-refractivity contribution in [2.45, 2.75) is 25.5 Å². The zero-order valence-electron chi connectivity index (χ0n) is 8.50. The second-order valence-corrected chi connectivity index (χ2v) is 3.67.